The van der Waals surface area contributed by atoms with Crippen LogP contribution in [-0.4, -0.2) is 10.9 Å². The third-order valence-corrected chi connectivity index (χ3v) is 4.39. The van der Waals surface area contributed by atoms with Gasteiger partial charge in [-0.05, 0) is 12.1 Å². The van der Waals surface area contributed by atoms with Crippen LogP contribution in [0.3, 0.4) is 0 Å². The molecule has 0 spiro atoms. The van der Waals surface area contributed by atoms with Crippen LogP contribution in [0.4, 0.5) is 10.8 Å². The molecule has 7 heteroatoms. The number of thiazole rings is 1. The normalized spacial score (nSPS) is 11.5. The van der Waals surface area contributed by atoms with Gasteiger partial charge in [-0.1, -0.05) is 44.0 Å². The molecule has 0 aliphatic carbocycles. The van der Waals surface area contributed by atoms with E-state index >= 15 is 0 Å². The Bertz CT molecular complexity index is 669. The number of nitrogens with two attached hydrogens (primary N) is 1. The molecule has 3 N–H and O–H groups in total. The number of carbonyl (C=O) groups is 1. The number of hydrogen-bond acceptors (Lipinski definition) is 4. The number of hydrogen-bond donors (Lipinski definition) is 2. The van der Waals surface area contributed by atoms with Crippen LogP contribution in [-0.2, 0) is 5.41 Å². The summed E-state index contributed by atoms with van der Waals surface area (Å²) in [6.07, 6.45) is 0. The number of carbonyl (C=O) groups excluding carboxylic acids is 1. The summed E-state index contributed by atoms with van der Waals surface area (Å²) >= 11 is 13.2. The summed E-state index contributed by atoms with van der Waals surface area (Å²) in [4.78, 5) is 16.6. The minimum atomic E-state index is -0.324. The van der Waals surface area contributed by atoms with Crippen molar-refractivity contribution in [2.45, 2.75) is 26.2 Å². The SMILES string of the molecule is CC(C)(C)c1csc(NC(=O)c2cc(N)c(Cl)c(Cl)c2)n1. The number of nitrogens with zero attached hydrogens (tertiary/aromatic N) is 1. The van der Waals surface area contributed by atoms with Crippen LogP contribution in [0.1, 0.15) is 36.8 Å². The molecule has 0 unspecified atom stereocenters. The number of amides is 1. The van der Waals surface area contributed by atoms with E-state index in [0.717, 1.165) is 5.69 Å². The van der Waals surface area contributed by atoms with Gasteiger partial charge < -0.3 is 5.73 Å². The van der Waals surface area contributed by atoms with E-state index in [1.807, 2.05) is 5.38 Å². The molecular weight excluding hydrogens is 329 g/mol. The van der Waals surface area contributed by atoms with Gasteiger partial charge in [0.2, 0.25) is 0 Å². The van der Waals surface area contributed by atoms with Crippen molar-refractivity contribution in [2.75, 3.05) is 11.1 Å². The third kappa shape index (κ3) is 3.67. The predicted molar refractivity (Wildman–Crippen MR) is 89.6 cm³/mol. The summed E-state index contributed by atoms with van der Waals surface area (Å²) in [6, 6.07) is 2.97. The van der Waals surface area contributed by atoms with Crippen molar-refractivity contribution in [2.24, 2.45) is 0 Å². The van der Waals surface area contributed by atoms with Gasteiger partial charge >= 0.3 is 0 Å². The number of rotatable bonds is 2. The second kappa shape index (κ2) is 5.83. The standard InChI is InChI=1S/C14H15Cl2N3OS/c1-14(2,3)10-6-21-13(18-10)19-12(20)7-4-8(15)11(16)9(17)5-7/h4-6H,17H2,1-3H3,(H,18,19,20). The highest BCUT2D eigenvalue weighted by atomic mass is 35.5. The summed E-state index contributed by atoms with van der Waals surface area (Å²) in [5.74, 6) is -0.324. The monoisotopic (exact) mass is 343 g/mol. The fourth-order valence-electron chi connectivity index (χ4n) is 1.59. The third-order valence-electron chi connectivity index (χ3n) is 2.81. The van der Waals surface area contributed by atoms with Crippen LogP contribution >= 0.6 is 34.5 Å². The van der Waals surface area contributed by atoms with Gasteiger partial charge in [0, 0.05) is 16.4 Å². The number of anilines is 2. The van der Waals surface area contributed by atoms with Gasteiger partial charge in [0.05, 0.1) is 21.4 Å². The van der Waals surface area contributed by atoms with Crippen molar-refractivity contribution in [3.05, 3.63) is 38.8 Å². The highest BCUT2D eigenvalue weighted by Crippen LogP contribution is 2.30. The first-order valence-electron chi connectivity index (χ1n) is 6.20. The first-order valence-corrected chi connectivity index (χ1v) is 7.84. The largest absolute Gasteiger partial charge is 0.397 e. The molecule has 0 aliphatic rings. The molecule has 0 saturated heterocycles. The maximum atomic E-state index is 12.2. The van der Waals surface area contributed by atoms with Crippen LogP contribution in [0, 0.1) is 0 Å². The molecule has 112 valence electrons. The summed E-state index contributed by atoms with van der Waals surface area (Å²) < 4.78 is 0. The Labute approximate surface area is 137 Å². The lowest BCUT2D eigenvalue weighted by molar-refractivity contribution is 0.102. The average Bonchev–Trinajstić information content (AvgIpc) is 2.83. The fraction of sp³-hybridized carbons (Fsp3) is 0.286. The van der Waals surface area contributed by atoms with Crippen LogP contribution < -0.4 is 11.1 Å². The minimum absolute atomic E-state index is 0.0620. The molecule has 1 heterocycles. The van der Waals surface area contributed by atoms with E-state index in [4.69, 9.17) is 28.9 Å². The molecule has 0 fully saturated rings. The summed E-state index contributed by atoms with van der Waals surface area (Å²) in [5, 5.41) is 5.70. The quantitative estimate of drug-likeness (QED) is 0.784. The van der Waals surface area contributed by atoms with E-state index < -0.39 is 0 Å². The lowest BCUT2D eigenvalue weighted by atomic mass is 9.93. The van der Waals surface area contributed by atoms with Gasteiger partial charge in [0.1, 0.15) is 0 Å². The topological polar surface area (TPSA) is 68.0 Å². The Balaban J connectivity index is 2.20. The van der Waals surface area contributed by atoms with Gasteiger partial charge in [-0.3, -0.25) is 10.1 Å². The number of aromatic nitrogens is 1. The molecule has 1 aromatic heterocycles. The van der Waals surface area contributed by atoms with Crippen LogP contribution in [0.2, 0.25) is 10.0 Å². The highest BCUT2D eigenvalue weighted by Gasteiger charge is 2.19. The van der Waals surface area contributed by atoms with Crippen LogP contribution in [0.5, 0.6) is 0 Å². The summed E-state index contributed by atoms with van der Waals surface area (Å²) in [6.45, 7) is 6.19. The van der Waals surface area contributed by atoms with E-state index in [1.54, 1.807) is 0 Å². The zero-order chi connectivity index (χ0) is 15.8. The van der Waals surface area contributed by atoms with Gasteiger partial charge in [-0.15, -0.1) is 11.3 Å². The van der Waals surface area contributed by atoms with Crippen molar-refractivity contribution in [3.63, 3.8) is 0 Å². The molecular formula is C14H15Cl2N3OS. The van der Waals surface area contributed by atoms with Gasteiger partial charge in [0.25, 0.3) is 5.91 Å². The number of benzene rings is 1. The molecule has 1 amide bonds. The molecule has 0 saturated carbocycles. The molecule has 4 nitrogen and oxygen atoms in total. The molecule has 1 aromatic carbocycles. The highest BCUT2D eigenvalue weighted by molar-refractivity contribution is 7.14. The van der Waals surface area contributed by atoms with Gasteiger partial charge in [-0.2, -0.15) is 0 Å². The average molecular weight is 344 g/mol. The van der Waals surface area contributed by atoms with Crippen molar-refractivity contribution < 1.29 is 4.79 Å². The van der Waals surface area contributed by atoms with E-state index in [2.05, 4.69) is 31.1 Å². The maximum Gasteiger partial charge on any atom is 0.257 e. The molecule has 2 rings (SSSR count). The van der Waals surface area contributed by atoms with Crippen molar-refractivity contribution in [1.82, 2.24) is 4.98 Å². The number of halogens is 2. The summed E-state index contributed by atoms with van der Waals surface area (Å²) in [5.41, 5.74) is 7.18. The summed E-state index contributed by atoms with van der Waals surface area (Å²) in [7, 11) is 0. The zero-order valence-corrected chi connectivity index (χ0v) is 14.2. The Kier molecular flexibility index (Phi) is 4.46. The van der Waals surface area contributed by atoms with Crippen molar-refractivity contribution >= 4 is 51.3 Å². The second-order valence-electron chi connectivity index (χ2n) is 5.60. The second-order valence-corrected chi connectivity index (χ2v) is 7.25. The molecule has 0 radical (unpaired) electrons. The molecule has 0 bridgehead atoms. The van der Waals surface area contributed by atoms with E-state index in [0.29, 0.717) is 10.7 Å². The lowest BCUT2D eigenvalue weighted by Gasteiger charge is -2.14. The molecule has 21 heavy (non-hydrogen) atoms. The minimum Gasteiger partial charge on any atom is -0.397 e. The van der Waals surface area contributed by atoms with E-state index in [-0.39, 0.29) is 27.1 Å². The molecule has 2 aromatic rings. The predicted octanol–water partition coefficient (Wildman–Crippen LogP) is 4.58. The van der Waals surface area contributed by atoms with Crippen LogP contribution in [0.15, 0.2) is 17.5 Å². The Morgan fingerprint density at radius 2 is 2.00 bits per heavy atom. The van der Waals surface area contributed by atoms with Crippen molar-refractivity contribution in [1.29, 1.82) is 0 Å². The zero-order valence-electron chi connectivity index (χ0n) is 11.8. The van der Waals surface area contributed by atoms with E-state index in [9.17, 15) is 4.79 Å². The van der Waals surface area contributed by atoms with E-state index in [1.165, 1.54) is 23.5 Å². The van der Waals surface area contributed by atoms with Gasteiger partial charge in [0.15, 0.2) is 5.13 Å². The molecule has 0 aliphatic heterocycles. The Morgan fingerprint density at radius 3 is 2.52 bits per heavy atom. The number of nitrogen functional groups attached to an aromatic ring is 1. The van der Waals surface area contributed by atoms with Crippen LogP contribution in [0.25, 0.3) is 0 Å². The maximum absolute atomic E-state index is 12.2. The van der Waals surface area contributed by atoms with Crippen molar-refractivity contribution in [3.8, 4) is 0 Å². The first-order chi connectivity index (χ1) is 9.68. The smallest absolute Gasteiger partial charge is 0.257 e. The first kappa shape index (κ1) is 16.1. The fourth-order valence-corrected chi connectivity index (χ4v) is 2.85. The number of nitrogens with one attached hydrogen (secondary N) is 1. The molecule has 0 atom stereocenters. The Hall–Kier alpha value is -1.30. The Morgan fingerprint density at radius 1 is 1.33 bits per heavy atom. The van der Waals surface area contributed by atoms with Gasteiger partial charge in [-0.25, -0.2) is 4.98 Å². The lowest BCUT2D eigenvalue weighted by Crippen LogP contribution is -2.14.